The molecule has 0 saturated carbocycles. The molecular formula is C14H22N2. The van der Waals surface area contributed by atoms with Crippen LogP contribution in [0.15, 0.2) is 18.2 Å². The van der Waals surface area contributed by atoms with Crippen molar-refractivity contribution in [2.24, 2.45) is 0 Å². The number of anilines is 2. The van der Waals surface area contributed by atoms with Crippen LogP contribution in [0.3, 0.4) is 0 Å². The number of fused-ring (bicyclic) bond motifs is 1. The van der Waals surface area contributed by atoms with E-state index < -0.39 is 0 Å². The number of likely N-dealkylation sites (N-methyl/N-ethyl adjacent to an activating group) is 1. The maximum absolute atomic E-state index is 3.57. The average molecular weight is 218 g/mol. The summed E-state index contributed by atoms with van der Waals surface area (Å²) in [5.74, 6) is 0. The molecule has 88 valence electrons. The summed E-state index contributed by atoms with van der Waals surface area (Å²) in [5, 5.41) is 3.57. The van der Waals surface area contributed by atoms with Crippen LogP contribution in [0.1, 0.15) is 32.3 Å². The molecule has 2 rings (SSSR count). The molecule has 0 bridgehead atoms. The zero-order chi connectivity index (χ0) is 11.5. The summed E-state index contributed by atoms with van der Waals surface area (Å²) in [6, 6.07) is 7.33. The van der Waals surface area contributed by atoms with E-state index in [1.54, 1.807) is 0 Å². The second-order valence-corrected chi connectivity index (χ2v) is 4.85. The van der Waals surface area contributed by atoms with Gasteiger partial charge in [-0.05, 0) is 37.5 Å². The molecule has 1 heterocycles. The zero-order valence-electron chi connectivity index (χ0n) is 10.6. The fourth-order valence-corrected chi connectivity index (χ4v) is 2.42. The first-order valence-corrected chi connectivity index (χ1v) is 6.31. The van der Waals surface area contributed by atoms with E-state index in [2.05, 4.69) is 49.3 Å². The molecule has 2 nitrogen and oxygen atoms in total. The smallest absolute Gasteiger partial charge is 0.0417 e. The molecule has 0 fully saturated rings. The predicted molar refractivity (Wildman–Crippen MR) is 71.4 cm³/mol. The Kier molecular flexibility index (Phi) is 3.37. The minimum Gasteiger partial charge on any atom is -0.383 e. The Hall–Kier alpha value is -1.18. The van der Waals surface area contributed by atoms with Crippen LogP contribution in [0.5, 0.6) is 0 Å². The molecule has 1 N–H and O–H groups in total. The summed E-state index contributed by atoms with van der Waals surface area (Å²) in [7, 11) is 2.17. The quantitative estimate of drug-likeness (QED) is 0.834. The summed E-state index contributed by atoms with van der Waals surface area (Å²) in [6.45, 7) is 5.64. The van der Waals surface area contributed by atoms with Crippen molar-refractivity contribution >= 4 is 11.4 Å². The average Bonchev–Trinajstić information content (AvgIpc) is 2.61. The monoisotopic (exact) mass is 218 g/mol. The number of nitrogens with zero attached hydrogens (tertiary/aromatic N) is 1. The lowest BCUT2D eigenvalue weighted by molar-refractivity contribution is 0.690. The topological polar surface area (TPSA) is 15.3 Å². The third kappa shape index (κ3) is 2.31. The SMILES string of the molecule is CCCC(C)Nc1ccc2c(c1)N(C)CC2. The number of rotatable bonds is 4. The van der Waals surface area contributed by atoms with Gasteiger partial charge in [-0.15, -0.1) is 0 Å². The molecule has 2 heteroatoms. The normalized spacial score (nSPS) is 16.1. The van der Waals surface area contributed by atoms with Gasteiger partial charge in [-0.25, -0.2) is 0 Å². The number of nitrogens with one attached hydrogen (secondary N) is 1. The molecule has 0 aromatic heterocycles. The highest BCUT2D eigenvalue weighted by Crippen LogP contribution is 2.29. The summed E-state index contributed by atoms with van der Waals surface area (Å²) in [5.41, 5.74) is 4.14. The van der Waals surface area contributed by atoms with E-state index in [9.17, 15) is 0 Å². The summed E-state index contributed by atoms with van der Waals surface area (Å²) >= 11 is 0. The second-order valence-electron chi connectivity index (χ2n) is 4.85. The largest absolute Gasteiger partial charge is 0.383 e. The Morgan fingerprint density at radius 2 is 2.25 bits per heavy atom. The molecule has 0 amide bonds. The first kappa shape index (κ1) is 11.3. The molecule has 1 aromatic rings. The third-order valence-electron chi connectivity index (χ3n) is 3.35. The van der Waals surface area contributed by atoms with Gasteiger partial charge in [0, 0.05) is 31.0 Å². The van der Waals surface area contributed by atoms with Crippen LogP contribution < -0.4 is 10.2 Å². The van der Waals surface area contributed by atoms with E-state index in [1.807, 2.05) is 0 Å². The Bertz CT molecular complexity index is 360. The number of hydrogen-bond acceptors (Lipinski definition) is 2. The Labute approximate surface area is 98.7 Å². The molecule has 0 radical (unpaired) electrons. The first-order valence-electron chi connectivity index (χ1n) is 6.31. The maximum Gasteiger partial charge on any atom is 0.0417 e. The standard InChI is InChI=1S/C14H22N2/c1-4-5-11(2)15-13-7-6-12-8-9-16(3)14(12)10-13/h6-7,10-11,15H,4-5,8-9H2,1-3H3. The minimum atomic E-state index is 0.565. The van der Waals surface area contributed by atoms with Gasteiger partial charge in [0.2, 0.25) is 0 Å². The van der Waals surface area contributed by atoms with Crippen LogP contribution in [-0.4, -0.2) is 19.6 Å². The van der Waals surface area contributed by atoms with Crippen LogP contribution >= 0.6 is 0 Å². The van der Waals surface area contributed by atoms with Crippen LogP contribution in [0, 0.1) is 0 Å². The molecule has 1 unspecified atom stereocenters. The van der Waals surface area contributed by atoms with Gasteiger partial charge in [0.05, 0.1) is 0 Å². The molecule has 1 atom stereocenters. The van der Waals surface area contributed by atoms with Crippen molar-refractivity contribution in [2.75, 3.05) is 23.8 Å². The highest BCUT2D eigenvalue weighted by molar-refractivity contribution is 5.65. The van der Waals surface area contributed by atoms with Crippen molar-refractivity contribution < 1.29 is 0 Å². The Morgan fingerprint density at radius 1 is 1.44 bits per heavy atom. The van der Waals surface area contributed by atoms with Gasteiger partial charge in [0.15, 0.2) is 0 Å². The maximum atomic E-state index is 3.57. The predicted octanol–water partition coefficient (Wildman–Crippen LogP) is 3.28. The molecule has 0 aliphatic carbocycles. The van der Waals surface area contributed by atoms with Crippen LogP contribution in [0.25, 0.3) is 0 Å². The van der Waals surface area contributed by atoms with Crippen molar-refractivity contribution in [3.63, 3.8) is 0 Å². The molecule has 0 saturated heterocycles. The van der Waals surface area contributed by atoms with E-state index >= 15 is 0 Å². The molecule has 16 heavy (non-hydrogen) atoms. The third-order valence-corrected chi connectivity index (χ3v) is 3.35. The van der Waals surface area contributed by atoms with Gasteiger partial charge in [0.25, 0.3) is 0 Å². The number of benzene rings is 1. The van der Waals surface area contributed by atoms with Crippen LogP contribution in [-0.2, 0) is 6.42 Å². The van der Waals surface area contributed by atoms with Crippen molar-refractivity contribution in [3.8, 4) is 0 Å². The lowest BCUT2D eigenvalue weighted by Crippen LogP contribution is -2.15. The summed E-state index contributed by atoms with van der Waals surface area (Å²) in [4.78, 5) is 2.34. The Balaban J connectivity index is 2.09. The van der Waals surface area contributed by atoms with Gasteiger partial charge in [0.1, 0.15) is 0 Å². The van der Waals surface area contributed by atoms with Gasteiger partial charge in [-0.2, -0.15) is 0 Å². The van der Waals surface area contributed by atoms with E-state index in [-0.39, 0.29) is 0 Å². The lowest BCUT2D eigenvalue weighted by Gasteiger charge is -2.17. The molecule has 1 aliphatic heterocycles. The van der Waals surface area contributed by atoms with Crippen molar-refractivity contribution in [2.45, 2.75) is 39.2 Å². The Morgan fingerprint density at radius 3 is 3.00 bits per heavy atom. The fourth-order valence-electron chi connectivity index (χ4n) is 2.42. The second kappa shape index (κ2) is 4.77. The molecular weight excluding hydrogens is 196 g/mol. The highest BCUT2D eigenvalue weighted by atomic mass is 15.1. The molecule has 0 spiro atoms. The van der Waals surface area contributed by atoms with Crippen molar-refractivity contribution in [1.29, 1.82) is 0 Å². The zero-order valence-corrected chi connectivity index (χ0v) is 10.6. The lowest BCUT2D eigenvalue weighted by atomic mass is 10.1. The molecule has 1 aliphatic rings. The minimum absolute atomic E-state index is 0.565. The summed E-state index contributed by atoms with van der Waals surface area (Å²) < 4.78 is 0. The first-order chi connectivity index (χ1) is 7.70. The number of hydrogen-bond donors (Lipinski definition) is 1. The van der Waals surface area contributed by atoms with Gasteiger partial charge < -0.3 is 10.2 Å². The van der Waals surface area contributed by atoms with E-state index in [4.69, 9.17) is 0 Å². The van der Waals surface area contributed by atoms with Gasteiger partial charge >= 0.3 is 0 Å². The highest BCUT2D eigenvalue weighted by Gasteiger charge is 2.15. The van der Waals surface area contributed by atoms with E-state index in [0.717, 1.165) is 6.54 Å². The van der Waals surface area contributed by atoms with E-state index in [1.165, 1.54) is 36.2 Å². The van der Waals surface area contributed by atoms with Crippen molar-refractivity contribution in [1.82, 2.24) is 0 Å². The van der Waals surface area contributed by atoms with Gasteiger partial charge in [-0.3, -0.25) is 0 Å². The van der Waals surface area contributed by atoms with E-state index in [0.29, 0.717) is 6.04 Å². The summed E-state index contributed by atoms with van der Waals surface area (Å²) in [6.07, 6.45) is 3.66. The van der Waals surface area contributed by atoms with Crippen molar-refractivity contribution in [3.05, 3.63) is 23.8 Å². The fraction of sp³-hybridized carbons (Fsp3) is 0.571. The van der Waals surface area contributed by atoms with Crippen LogP contribution in [0.4, 0.5) is 11.4 Å². The van der Waals surface area contributed by atoms with Crippen LogP contribution in [0.2, 0.25) is 0 Å². The molecule has 1 aromatic carbocycles. The van der Waals surface area contributed by atoms with Gasteiger partial charge in [-0.1, -0.05) is 19.4 Å².